The van der Waals surface area contributed by atoms with Crippen LogP contribution in [0.25, 0.3) is 0 Å². The van der Waals surface area contributed by atoms with Gasteiger partial charge in [0.2, 0.25) is 5.89 Å². The van der Waals surface area contributed by atoms with Gasteiger partial charge in [0, 0.05) is 26.1 Å². The Morgan fingerprint density at radius 2 is 2.05 bits per heavy atom. The molecule has 6 nitrogen and oxygen atoms in total. The summed E-state index contributed by atoms with van der Waals surface area (Å²) in [7, 11) is 1.85. The highest BCUT2D eigenvalue weighted by molar-refractivity contribution is 6.30. The molecule has 1 fully saturated rings. The fourth-order valence-electron chi connectivity index (χ4n) is 3.08. The first-order chi connectivity index (χ1) is 10.0. The molecule has 0 aromatic carbocycles. The molecule has 0 unspecified atom stereocenters. The van der Waals surface area contributed by atoms with Crippen LogP contribution in [0.3, 0.4) is 0 Å². The summed E-state index contributed by atoms with van der Waals surface area (Å²) in [4.78, 5) is 4.43. The van der Waals surface area contributed by atoms with Crippen molar-refractivity contribution >= 4 is 11.6 Å². The first-order valence-corrected chi connectivity index (χ1v) is 7.63. The molecule has 0 aliphatic heterocycles. The van der Waals surface area contributed by atoms with Crippen LogP contribution in [0.1, 0.15) is 48.7 Å². The molecule has 21 heavy (non-hydrogen) atoms. The van der Waals surface area contributed by atoms with Crippen molar-refractivity contribution in [3.8, 4) is 0 Å². The van der Waals surface area contributed by atoms with E-state index >= 15 is 0 Å². The minimum atomic E-state index is -0.205. The number of hydrogen-bond acceptors (Lipinski definition) is 5. The van der Waals surface area contributed by atoms with Crippen LogP contribution < -0.4 is 5.32 Å². The van der Waals surface area contributed by atoms with Gasteiger partial charge in [-0.25, -0.2) is 0 Å². The van der Waals surface area contributed by atoms with E-state index in [9.17, 15) is 0 Å². The molecule has 114 valence electrons. The third-order valence-corrected chi connectivity index (χ3v) is 4.76. The zero-order chi connectivity index (χ0) is 15.0. The molecule has 2 aromatic heterocycles. The molecule has 1 aliphatic carbocycles. The second-order valence-corrected chi connectivity index (χ2v) is 6.12. The second kappa shape index (κ2) is 5.42. The zero-order valence-electron chi connectivity index (χ0n) is 12.6. The Morgan fingerprint density at radius 1 is 1.33 bits per heavy atom. The maximum absolute atomic E-state index is 6.31. The minimum Gasteiger partial charge on any atom is -0.340 e. The maximum Gasteiger partial charge on any atom is 0.223 e. The first-order valence-electron chi connectivity index (χ1n) is 7.26. The van der Waals surface area contributed by atoms with E-state index in [0.29, 0.717) is 17.6 Å². The number of hydrogen-bond donors (Lipinski definition) is 1. The van der Waals surface area contributed by atoms with Crippen molar-refractivity contribution in [2.75, 3.05) is 0 Å². The summed E-state index contributed by atoms with van der Waals surface area (Å²) in [6.45, 7) is 4.45. The van der Waals surface area contributed by atoms with Gasteiger partial charge in [-0.2, -0.15) is 10.1 Å². The van der Waals surface area contributed by atoms with Gasteiger partial charge in [-0.3, -0.25) is 4.68 Å². The fourth-order valence-corrected chi connectivity index (χ4v) is 3.33. The van der Waals surface area contributed by atoms with Gasteiger partial charge >= 0.3 is 0 Å². The summed E-state index contributed by atoms with van der Waals surface area (Å²) in [5, 5.41) is 12.8. The largest absolute Gasteiger partial charge is 0.340 e. The zero-order valence-corrected chi connectivity index (χ0v) is 13.4. The summed E-state index contributed by atoms with van der Waals surface area (Å²) < 4.78 is 6.86. The van der Waals surface area contributed by atoms with Crippen molar-refractivity contribution in [1.82, 2.24) is 25.2 Å². The van der Waals surface area contributed by atoms with Crippen LogP contribution in [0, 0.1) is 13.8 Å². The molecule has 7 heteroatoms. The topological polar surface area (TPSA) is 68.8 Å². The molecule has 0 amide bonds. The van der Waals surface area contributed by atoms with Crippen molar-refractivity contribution in [2.45, 2.75) is 51.6 Å². The van der Waals surface area contributed by atoms with E-state index in [4.69, 9.17) is 16.1 Å². The predicted molar refractivity (Wildman–Crippen MR) is 79.0 cm³/mol. The van der Waals surface area contributed by atoms with E-state index in [2.05, 4.69) is 20.6 Å². The Morgan fingerprint density at radius 3 is 2.57 bits per heavy atom. The molecule has 2 aromatic rings. The molecule has 0 radical (unpaired) electrons. The van der Waals surface area contributed by atoms with Gasteiger partial charge in [0.15, 0.2) is 5.82 Å². The normalized spacial score (nSPS) is 17.5. The third-order valence-electron chi connectivity index (χ3n) is 4.29. The second-order valence-electron chi connectivity index (χ2n) is 5.76. The molecular formula is C14H20ClN5O. The summed E-state index contributed by atoms with van der Waals surface area (Å²) >= 11 is 6.31. The summed E-state index contributed by atoms with van der Waals surface area (Å²) in [6, 6.07) is 0. The summed E-state index contributed by atoms with van der Waals surface area (Å²) in [5.74, 6) is 1.36. The Bertz CT molecular complexity index is 642. The Labute approximate surface area is 128 Å². The van der Waals surface area contributed by atoms with Crippen molar-refractivity contribution in [2.24, 2.45) is 7.05 Å². The number of rotatable bonds is 4. The lowest BCUT2D eigenvalue weighted by molar-refractivity contribution is 0.297. The lowest BCUT2D eigenvalue weighted by atomic mass is 9.96. The number of halogens is 1. The molecule has 1 N–H and O–H groups in total. The third kappa shape index (κ3) is 2.58. The van der Waals surface area contributed by atoms with Gasteiger partial charge in [0.25, 0.3) is 0 Å². The number of nitrogens with zero attached hydrogens (tertiary/aromatic N) is 4. The van der Waals surface area contributed by atoms with Gasteiger partial charge < -0.3 is 9.84 Å². The Balaban J connectivity index is 1.83. The molecule has 1 saturated carbocycles. The van der Waals surface area contributed by atoms with Crippen molar-refractivity contribution in [3.63, 3.8) is 0 Å². The lowest BCUT2D eigenvalue weighted by Crippen LogP contribution is -2.40. The summed E-state index contributed by atoms with van der Waals surface area (Å²) in [6.07, 6.45) is 4.37. The molecule has 0 saturated heterocycles. The Hall–Kier alpha value is -1.40. The highest BCUT2D eigenvalue weighted by atomic mass is 35.5. The number of aromatic nitrogens is 4. The van der Waals surface area contributed by atoms with Crippen LogP contribution in [0.4, 0.5) is 0 Å². The van der Waals surface area contributed by atoms with E-state index in [1.807, 2.05) is 20.9 Å². The highest BCUT2D eigenvalue weighted by Crippen LogP contribution is 2.37. The van der Waals surface area contributed by atoms with Crippen LogP contribution in [0.15, 0.2) is 4.52 Å². The predicted octanol–water partition coefficient (Wildman–Crippen LogP) is 2.63. The molecule has 0 bridgehead atoms. The van der Waals surface area contributed by atoms with E-state index < -0.39 is 0 Å². The Kier molecular flexibility index (Phi) is 3.75. The first kappa shape index (κ1) is 14.5. The SMILES string of the molecule is Cc1nc(C2(NCc3c(C)nn(C)c3Cl)CCCC2)no1. The van der Waals surface area contributed by atoms with Gasteiger partial charge in [0.1, 0.15) is 5.15 Å². The summed E-state index contributed by atoms with van der Waals surface area (Å²) in [5.41, 5.74) is 1.78. The standard InChI is InChI=1S/C14H20ClN5O/c1-9-11(12(15)20(3)18-9)8-16-14(6-4-5-7-14)13-17-10(2)21-19-13/h16H,4-8H2,1-3H3. The van der Waals surface area contributed by atoms with Crippen LogP contribution in [-0.4, -0.2) is 19.9 Å². The molecule has 3 rings (SSSR count). The van der Waals surface area contributed by atoms with E-state index in [0.717, 1.165) is 29.9 Å². The van der Waals surface area contributed by atoms with Crippen LogP contribution in [0.5, 0.6) is 0 Å². The molecule has 0 atom stereocenters. The van der Waals surface area contributed by atoms with E-state index in [1.54, 1.807) is 4.68 Å². The fraction of sp³-hybridized carbons (Fsp3) is 0.643. The smallest absolute Gasteiger partial charge is 0.223 e. The van der Waals surface area contributed by atoms with Gasteiger partial charge in [-0.15, -0.1) is 0 Å². The highest BCUT2D eigenvalue weighted by Gasteiger charge is 2.39. The van der Waals surface area contributed by atoms with Gasteiger partial charge in [0.05, 0.1) is 11.2 Å². The maximum atomic E-state index is 6.31. The lowest BCUT2D eigenvalue weighted by Gasteiger charge is -2.26. The molecule has 1 aliphatic rings. The van der Waals surface area contributed by atoms with E-state index in [-0.39, 0.29) is 5.54 Å². The molecular weight excluding hydrogens is 290 g/mol. The van der Waals surface area contributed by atoms with Crippen LogP contribution >= 0.6 is 11.6 Å². The number of nitrogens with one attached hydrogen (secondary N) is 1. The molecule has 0 spiro atoms. The average molecular weight is 310 g/mol. The quantitative estimate of drug-likeness (QED) is 0.940. The van der Waals surface area contributed by atoms with E-state index in [1.165, 1.54) is 12.8 Å². The van der Waals surface area contributed by atoms with Gasteiger partial charge in [-0.05, 0) is 19.8 Å². The van der Waals surface area contributed by atoms with Gasteiger partial charge in [-0.1, -0.05) is 29.6 Å². The average Bonchev–Trinajstić information content (AvgIpc) is 3.12. The number of aryl methyl sites for hydroxylation is 3. The molecule has 2 heterocycles. The monoisotopic (exact) mass is 309 g/mol. The van der Waals surface area contributed by atoms with Crippen molar-refractivity contribution < 1.29 is 4.52 Å². The van der Waals surface area contributed by atoms with Crippen molar-refractivity contribution in [3.05, 3.63) is 28.1 Å². The van der Waals surface area contributed by atoms with Crippen LogP contribution in [-0.2, 0) is 19.1 Å². The van der Waals surface area contributed by atoms with Crippen LogP contribution in [0.2, 0.25) is 5.15 Å². The minimum absolute atomic E-state index is 0.205. The van der Waals surface area contributed by atoms with Crippen molar-refractivity contribution in [1.29, 1.82) is 0 Å².